The highest BCUT2D eigenvalue weighted by atomic mass is 16.7. The molecular weight excluding hydrogens is 1340 g/mol. The summed E-state index contributed by atoms with van der Waals surface area (Å²) in [6, 6.07) is 45.3. The van der Waals surface area contributed by atoms with Crippen molar-refractivity contribution < 1.29 is 75.8 Å². The summed E-state index contributed by atoms with van der Waals surface area (Å²) in [5.74, 6) is -0.271. The van der Waals surface area contributed by atoms with Crippen LogP contribution in [0.4, 0.5) is 0 Å². The summed E-state index contributed by atoms with van der Waals surface area (Å²) in [6.45, 7) is 14.0. The van der Waals surface area contributed by atoms with Crippen LogP contribution in [-0.2, 0) is 95.6 Å². The number of fused-ring (bicyclic) bond motifs is 14. The van der Waals surface area contributed by atoms with Gasteiger partial charge < -0.3 is 75.8 Å². The molecule has 0 aliphatic carbocycles. The standard InChI is InChI=1S/C90H106O16/c1-52-40-72-74(46-78-82(103-72)54(3)83(93-50-57-30-33-60-19-7-10-22-63(60)43-57)88-84(104-78)53(2)55(4)90(106-88)37-17-39-95-90)100-76-48-81-89(5,105-77(76)41-52)80(92-49-56-29-32-59-18-6-9-21-62(59)42-56)47-75-68(101-81)25-13-12-24-65-66(98-75)27-16-28-67-69(96-65)35-36-70-73(97-67)45-79-86(102-70)87(85-71(99-79)26-14-15-38-91-85)94-51-58-31-34-61-20-8-11-23-64(61)44-58/h6-16,18-23,27,29-36,42-44,52-55,65-88H,17,24-26,28,37-41,45-51H2,1-5H3/b13-12-,27-16-/t52-,53+,54-,55+,65-,66+,67-,68+,69+,70-,71+,72+,73+,74-,75-,76+,77-,78+,79-,80-,81-,82-,83+,84-,85-,86+,87-,88+,89+,90-/m1/s1. The van der Waals surface area contributed by atoms with E-state index in [4.69, 9.17) is 75.8 Å². The van der Waals surface area contributed by atoms with Crippen LogP contribution in [0.2, 0.25) is 0 Å². The molecule has 16 heteroatoms. The van der Waals surface area contributed by atoms with Gasteiger partial charge >= 0.3 is 0 Å². The van der Waals surface area contributed by atoms with Gasteiger partial charge in [-0.3, -0.25) is 0 Å². The molecule has 19 rings (SSSR count). The average molecular weight is 1440 g/mol. The predicted octanol–water partition coefficient (Wildman–Crippen LogP) is 15.2. The maximum Gasteiger partial charge on any atom is 0.171 e. The Kier molecular flexibility index (Phi) is 20.0. The van der Waals surface area contributed by atoms with Crippen molar-refractivity contribution in [3.8, 4) is 0 Å². The predicted molar refractivity (Wildman–Crippen MR) is 401 cm³/mol. The molecule has 1 spiro atoms. The van der Waals surface area contributed by atoms with E-state index in [2.05, 4.69) is 211 Å². The molecule has 0 N–H and O–H groups in total. The van der Waals surface area contributed by atoms with Gasteiger partial charge in [-0.05, 0) is 131 Å². The Morgan fingerprint density at radius 1 is 0.387 bits per heavy atom. The zero-order chi connectivity index (χ0) is 71.2. The van der Waals surface area contributed by atoms with E-state index >= 15 is 0 Å². The van der Waals surface area contributed by atoms with Gasteiger partial charge in [-0.2, -0.15) is 0 Å². The topological polar surface area (TPSA) is 148 Å². The van der Waals surface area contributed by atoms with Gasteiger partial charge in [0.25, 0.3) is 0 Å². The molecule has 9 saturated heterocycles. The summed E-state index contributed by atoms with van der Waals surface area (Å²) in [7, 11) is 0. The Morgan fingerprint density at radius 2 is 0.925 bits per heavy atom. The SMILES string of the molecule is C[C@@H]1C[C@@H]2O[C@@H]3[C@@H](C)[C@H](OCc4ccc5ccccc5c4)[C@@H]4O[C@]5(CCCO5)[C@@H](C)[C@H](C)[C@H]4O[C@H]3C[C@H]2O[C@H]2C[C@H]3O[C@H]4C/C=C\C[C@H]5O[C@H]6C=C[C@H]7O[C@@H]8[C@H](OCc9ccc%10ccccc%10c9)[C@@H]9OCC=CC[C@@H]9O[C@@H]8C[C@@H]7O[C@@H]6C/C=C\[C@@H]5O[C@@H]4C[C@@H](OCc4ccc5ccccc5c4)[C@]3(C)O[C@@H]2C1. The fourth-order valence-corrected chi connectivity index (χ4v) is 20.8. The molecule has 9 fully saturated rings. The zero-order valence-electron chi connectivity index (χ0n) is 62.0. The van der Waals surface area contributed by atoms with E-state index in [1.165, 1.54) is 32.3 Å². The molecule has 106 heavy (non-hydrogen) atoms. The van der Waals surface area contributed by atoms with Crippen molar-refractivity contribution in [1.29, 1.82) is 0 Å². The third kappa shape index (κ3) is 13.8. The lowest BCUT2D eigenvalue weighted by atomic mass is 9.76. The lowest BCUT2D eigenvalue weighted by Crippen LogP contribution is -2.64. The molecule has 6 aromatic carbocycles. The van der Waals surface area contributed by atoms with Gasteiger partial charge in [0.1, 0.15) is 48.3 Å². The van der Waals surface area contributed by atoms with E-state index in [-0.39, 0.29) is 152 Å². The Labute approximate surface area is 623 Å². The van der Waals surface area contributed by atoms with Crippen molar-refractivity contribution in [2.24, 2.45) is 23.7 Å². The summed E-state index contributed by atoms with van der Waals surface area (Å²) >= 11 is 0. The summed E-state index contributed by atoms with van der Waals surface area (Å²) in [5, 5.41) is 7.18. The molecule has 16 nitrogen and oxygen atoms in total. The average Bonchev–Trinajstić information content (AvgIpc) is 1.51. The smallest absolute Gasteiger partial charge is 0.171 e. The Bertz CT molecular complexity index is 4210. The lowest BCUT2D eigenvalue weighted by molar-refractivity contribution is -0.342. The molecule has 0 aromatic heterocycles. The number of ether oxygens (including phenoxy) is 16. The molecule has 0 radical (unpaired) electrons. The van der Waals surface area contributed by atoms with Crippen molar-refractivity contribution >= 4 is 32.3 Å². The maximum absolute atomic E-state index is 7.80. The van der Waals surface area contributed by atoms with Crippen LogP contribution in [0.1, 0.15) is 128 Å². The van der Waals surface area contributed by atoms with Gasteiger partial charge in [0.05, 0.1) is 137 Å². The van der Waals surface area contributed by atoms with Gasteiger partial charge in [0, 0.05) is 43.9 Å². The highest BCUT2D eigenvalue weighted by molar-refractivity contribution is 5.84. The van der Waals surface area contributed by atoms with Crippen molar-refractivity contribution in [1.82, 2.24) is 0 Å². The number of hydrogen-bond donors (Lipinski definition) is 0. The van der Waals surface area contributed by atoms with Gasteiger partial charge in [0.2, 0.25) is 0 Å². The van der Waals surface area contributed by atoms with Crippen LogP contribution in [0.15, 0.2) is 176 Å². The van der Waals surface area contributed by atoms with Crippen LogP contribution in [-0.4, -0.2) is 171 Å². The maximum atomic E-state index is 7.80. The van der Waals surface area contributed by atoms with E-state index < -0.39 is 29.7 Å². The van der Waals surface area contributed by atoms with Crippen molar-refractivity contribution in [2.45, 2.75) is 289 Å². The van der Waals surface area contributed by atoms with E-state index in [0.717, 1.165) is 48.8 Å². The Hall–Kier alpha value is -5.58. The molecule has 0 unspecified atom stereocenters. The highest BCUT2D eigenvalue weighted by Crippen LogP contribution is 2.53. The zero-order valence-corrected chi connectivity index (χ0v) is 62.0. The normalized spacial score (nSPS) is 44.0. The first-order valence-electron chi connectivity index (χ1n) is 40.3. The first-order chi connectivity index (χ1) is 51.9. The molecule has 13 aliphatic heterocycles. The summed E-state index contributed by atoms with van der Waals surface area (Å²) in [4.78, 5) is 0. The summed E-state index contributed by atoms with van der Waals surface area (Å²) in [6.07, 6.45) is 18.8. The molecule has 0 amide bonds. The second kappa shape index (κ2) is 29.9. The van der Waals surface area contributed by atoms with E-state index in [9.17, 15) is 0 Å². The highest BCUT2D eigenvalue weighted by Gasteiger charge is 2.63. The minimum absolute atomic E-state index is 0.0670. The fourth-order valence-electron chi connectivity index (χ4n) is 20.8. The second-order valence-electron chi connectivity index (χ2n) is 33.5. The molecular formula is C90H106O16. The van der Waals surface area contributed by atoms with Crippen molar-refractivity contribution in [2.75, 3.05) is 13.2 Å². The van der Waals surface area contributed by atoms with E-state index in [1.807, 2.05) is 0 Å². The molecule has 30 atom stereocenters. The van der Waals surface area contributed by atoms with Gasteiger partial charge in [-0.1, -0.05) is 185 Å². The molecule has 13 aliphatic rings. The molecule has 13 heterocycles. The number of benzene rings is 6. The van der Waals surface area contributed by atoms with Crippen LogP contribution in [0.3, 0.4) is 0 Å². The van der Waals surface area contributed by atoms with Crippen LogP contribution in [0, 0.1) is 23.7 Å². The quantitative estimate of drug-likeness (QED) is 0.126. The fraction of sp³-hybridized carbons (Fsp3) is 0.578. The third-order valence-electron chi connectivity index (χ3n) is 26.7. The monoisotopic (exact) mass is 1440 g/mol. The molecule has 562 valence electrons. The number of rotatable bonds is 9. The third-order valence-corrected chi connectivity index (χ3v) is 26.7. The van der Waals surface area contributed by atoms with Crippen LogP contribution < -0.4 is 0 Å². The summed E-state index contributed by atoms with van der Waals surface area (Å²) in [5.41, 5.74) is 2.46. The first kappa shape index (κ1) is 70.8. The minimum atomic E-state index is -0.877. The van der Waals surface area contributed by atoms with Gasteiger partial charge in [-0.15, -0.1) is 0 Å². The minimum Gasteiger partial charge on any atom is -0.370 e. The van der Waals surface area contributed by atoms with Crippen LogP contribution >= 0.6 is 0 Å². The molecule has 0 bridgehead atoms. The second-order valence-corrected chi connectivity index (χ2v) is 33.5. The Balaban J connectivity index is 0.576. The van der Waals surface area contributed by atoms with E-state index in [0.29, 0.717) is 78.0 Å². The van der Waals surface area contributed by atoms with E-state index in [1.54, 1.807) is 0 Å². The van der Waals surface area contributed by atoms with Gasteiger partial charge in [-0.25, -0.2) is 0 Å². The summed E-state index contributed by atoms with van der Waals surface area (Å²) < 4.78 is 117. The van der Waals surface area contributed by atoms with Crippen LogP contribution in [0.25, 0.3) is 32.3 Å². The van der Waals surface area contributed by atoms with Crippen molar-refractivity contribution in [3.05, 3.63) is 193 Å². The van der Waals surface area contributed by atoms with Gasteiger partial charge in [0.15, 0.2) is 5.79 Å². The largest absolute Gasteiger partial charge is 0.370 e. The van der Waals surface area contributed by atoms with Crippen LogP contribution in [0.5, 0.6) is 0 Å². The lowest BCUT2D eigenvalue weighted by Gasteiger charge is -2.53. The molecule has 6 aromatic rings. The molecule has 0 saturated carbocycles. The first-order valence-corrected chi connectivity index (χ1v) is 40.3. The Morgan fingerprint density at radius 3 is 1.63 bits per heavy atom. The number of hydrogen-bond acceptors (Lipinski definition) is 16. The van der Waals surface area contributed by atoms with Crippen molar-refractivity contribution in [3.63, 3.8) is 0 Å².